The predicted octanol–water partition coefficient (Wildman–Crippen LogP) is 3.14. The minimum atomic E-state index is 0.634. The van der Waals surface area contributed by atoms with Crippen LogP contribution in [0.5, 0.6) is 0 Å². The fraction of sp³-hybridized carbons (Fsp3) is 0.778. The van der Waals surface area contributed by atoms with Gasteiger partial charge in [-0.2, -0.15) is 0 Å². The van der Waals surface area contributed by atoms with Gasteiger partial charge in [-0.3, -0.25) is 0 Å². The highest BCUT2D eigenvalue weighted by Gasteiger charge is 2.21. The molecule has 0 aromatic carbocycles. The maximum Gasteiger partial charge on any atom is -0.0291 e. The van der Waals surface area contributed by atoms with Gasteiger partial charge in [0.15, 0.2) is 0 Å². The van der Waals surface area contributed by atoms with Crippen molar-refractivity contribution in [1.29, 1.82) is 0 Å². The van der Waals surface area contributed by atoms with Crippen molar-refractivity contribution in [2.24, 2.45) is 5.41 Å². The summed E-state index contributed by atoms with van der Waals surface area (Å²) in [6.07, 6.45) is 9.94. The van der Waals surface area contributed by atoms with E-state index in [2.05, 4.69) is 26.0 Å². The Hall–Kier alpha value is -0.260. The van der Waals surface area contributed by atoms with E-state index in [4.69, 9.17) is 0 Å². The van der Waals surface area contributed by atoms with Crippen molar-refractivity contribution < 1.29 is 0 Å². The molecule has 1 rings (SSSR count). The minimum Gasteiger partial charge on any atom is -0.0885 e. The molecular formula is C9H16. The van der Waals surface area contributed by atoms with Gasteiger partial charge < -0.3 is 0 Å². The predicted molar refractivity (Wildman–Crippen MR) is 41.4 cm³/mol. The third-order valence-corrected chi connectivity index (χ3v) is 2.55. The second-order valence-corrected chi connectivity index (χ2v) is 3.38. The molecule has 0 heteroatoms. The zero-order chi connectivity index (χ0) is 6.74. The van der Waals surface area contributed by atoms with E-state index in [0.717, 1.165) is 0 Å². The molecule has 0 bridgehead atoms. The lowest BCUT2D eigenvalue weighted by Crippen LogP contribution is -2.15. The number of allylic oxidation sites excluding steroid dienone is 2. The van der Waals surface area contributed by atoms with Gasteiger partial charge in [-0.15, -0.1) is 0 Å². The SMILES string of the molecule is CC[C@@]1(C)CC=CCC1. The van der Waals surface area contributed by atoms with Crippen molar-refractivity contribution in [3.8, 4) is 0 Å². The molecule has 0 amide bonds. The van der Waals surface area contributed by atoms with Crippen LogP contribution in [0.15, 0.2) is 12.2 Å². The van der Waals surface area contributed by atoms with Crippen molar-refractivity contribution >= 4 is 0 Å². The molecule has 0 fully saturated rings. The molecule has 1 atom stereocenters. The number of hydrogen-bond donors (Lipinski definition) is 0. The fourth-order valence-electron chi connectivity index (χ4n) is 1.34. The minimum absolute atomic E-state index is 0.634. The zero-order valence-corrected chi connectivity index (χ0v) is 6.48. The molecule has 1 aliphatic rings. The Kier molecular flexibility index (Phi) is 1.94. The maximum atomic E-state index is 2.39. The van der Waals surface area contributed by atoms with Crippen molar-refractivity contribution in [3.63, 3.8) is 0 Å². The number of hydrogen-bond acceptors (Lipinski definition) is 0. The molecule has 9 heavy (non-hydrogen) atoms. The first-order valence-electron chi connectivity index (χ1n) is 3.92. The lowest BCUT2D eigenvalue weighted by molar-refractivity contribution is 0.281. The van der Waals surface area contributed by atoms with Gasteiger partial charge in [-0.1, -0.05) is 32.4 Å². The van der Waals surface area contributed by atoms with E-state index in [1.54, 1.807) is 0 Å². The second kappa shape index (κ2) is 2.55. The van der Waals surface area contributed by atoms with Crippen LogP contribution in [0.4, 0.5) is 0 Å². The van der Waals surface area contributed by atoms with Crippen molar-refractivity contribution in [1.82, 2.24) is 0 Å². The molecule has 0 heterocycles. The van der Waals surface area contributed by atoms with Gasteiger partial charge in [-0.05, 0) is 24.7 Å². The second-order valence-electron chi connectivity index (χ2n) is 3.38. The van der Waals surface area contributed by atoms with E-state index < -0.39 is 0 Å². The first-order valence-corrected chi connectivity index (χ1v) is 3.92. The summed E-state index contributed by atoms with van der Waals surface area (Å²) in [4.78, 5) is 0. The molecule has 0 spiro atoms. The standard InChI is InChI=1S/C9H16/c1-3-9(2)7-5-4-6-8-9/h4-5H,3,6-8H2,1-2H3/t9-/m0/s1. The van der Waals surface area contributed by atoms with Gasteiger partial charge in [0.2, 0.25) is 0 Å². The molecule has 0 radical (unpaired) electrons. The Bertz CT molecular complexity index is 113. The Morgan fingerprint density at radius 2 is 2.22 bits per heavy atom. The van der Waals surface area contributed by atoms with Gasteiger partial charge in [0, 0.05) is 0 Å². The molecule has 0 aliphatic heterocycles. The van der Waals surface area contributed by atoms with Crippen LogP contribution < -0.4 is 0 Å². The quantitative estimate of drug-likeness (QED) is 0.471. The van der Waals surface area contributed by atoms with Gasteiger partial charge in [-0.25, -0.2) is 0 Å². The van der Waals surface area contributed by atoms with Crippen LogP contribution in [-0.4, -0.2) is 0 Å². The van der Waals surface area contributed by atoms with Crippen LogP contribution >= 0.6 is 0 Å². The van der Waals surface area contributed by atoms with Crippen LogP contribution in [0.1, 0.15) is 39.5 Å². The highest BCUT2D eigenvalue weighted by Crippen LogP contribution is 2.34. The largest absolute Gasteiger partial charge is 0.0885 e. The molecule has 0 aromatic rings. The van der Waals surface area contributed by atoms with E-state index in [0.29, 0.717) is 5.41 Å². The van der Waals surface area contributed by atoms with Crippen molar-refractivity contribution in [3.05, 3.63) is 12.2 Å². The van der Waals surface area contributed by atoms with Gasteiger partial charge in [0.1, 0.15) is 0 Å². The fourth-order valence-corrected chi connectivity index (χ4v) is 1.34. The van der Waals surface area contributed by atoms with Crippen molar-refractivity contribution in [2.75, 3.05) is 0 Å². The summed E-state index contributed by atoms with van der Waals surface area (Å²) in [5.41, 5.74) is 0.634. The summed E-state index contributed by atoms with van der Waals surface area (Å²) in [6.45, 7) is 4.68. The van der Waals surface area contributed by atoms with E-state index in [1.807, 2.05) is 0 Å². The van der Waals surface area contributed by atoms with Gasteiger partial charge in [0.05, 0.1) is 0 Å². The van der Waals surface area contributed by atoms with Crippen LogP contribution in [0.3, 0.4) is 0 Å². The summed E-state index contributed by atoms with van der Waals surface area (Å²) in [5, 5.41) is 0. The monoisotopic (exact) mass is 124 g/mol. The average Bonchev–Trinajstić information content (AvgIpc) is 1.90. The highest BCUT2D eigenvalue weighted by atomic mass is 14.3. The molecule has 52 valence electrons. The van der Waals surface area contributed by atoms with E-state index in [1.165, 1.54) is 25.7 Å². The summed E-state index contributed by atoms with van der Waals surface area (Å²) in [5.74, 6) is 0. The molecule has 0 saturated carbocycles. The van der Waals surface area contributed by atoms with E-state index in [9.17, 15) is 0 Å². The molecule has 0 N–H and O–H groups in total. The normalized spacial score (nSPS) is 34.9. The highest BCUT2D eigenvalue weighted by molar-refractivity contribution is 4.95. The molecule has 0 saturated heterocycles. The lowest BCUT2D eigenvalue weighted by Gasteiger charge is -2.28. The van der Waals surface area contributed by atoms with E-state index in [-0.39, 0.29) is 0 Å². The first-order chi connectivity index (χ1) is 4.27. The molecule has 1 aliphatic carbocycles. The average molecular weight is 124 g/mol. The molecular weight excluding hydrogens is 108 g/mol. The van der Waals surface area contributed by atoms with Crippen LogP contribution in [0, 0.1) is 5.41 Å². The Labute approximate surface area is 58.0 Å². The third-order valence-electron chi connectivity index (χ3n) is 2.55. The molecule has 0 unspecified atom stereocenters. The number of rotatable bonds is 1. The van der Waals surface area contributed by atoms with Crippen molar-refractivity contribution in [2.45, 2.75) is 39.5 Å². The Balaban J connectivity index is 2.50. The summed E-state index contributed by atoms with van der Waals surface area (Å²) >= 11 is 0. The molecule has 0 aromatic heterocycles. The maximum absolute atomic E-state index is 2.39. The summed E-state index contributed by atoms with van der Waals surface area (Å²) < 4.78 is 0. The van der Waals surface area contributed by atoms with Gasteiger partial charge in [0.25, 0.3) is 0 Å². The van der Waals surface area contributed by atoms with Crippen LogP contribution in [0.25, 0.3) is 0 Å². The molecule has 0 nitrogen and oxygen atoms in total. The summed E-state index contributed by atoms with van der Waals surface area (Å²) in [6, 6.07) is 0. The van der Waals surface area contributed by atoms with Crippen LogP contribution in [0.2, 0.25) is 0 Å². The summed E-state index contributed by atoms with van der Waals surface area (Å²) in [7, 11) is 0. The van der Waals surface area contributed by atoms with Gasteiger partial charge >= 0.3 is 0 Å². The Morgan fingerprint density at radius 1 is 1.44 bits per heavy atom. The van der Waals surface area contributed by atoms with E-state index >= 15 is 0 Å². The topological polar surface area (TPSA) is 0 Å². The smallest absolute Gasteiger partial charge is 0.0291 e. The third kappa shape index (κ3) is 1.57. The zero-order valence-electron chi connectivity index (χ0n) is 6.48. The Morgan fingerprint density at radius 3 is 2.56 bits per heavy atom. The first kappa shape index (κ1) is 6.85. The van der Waals surface area contributed by atoms with Crippen LogP contribution in [-0.2, 0) is 0 Å². The lowest BCUT2D eigenvalue weighted by atomic mass is 9.77.